The number of nitrogens with one attached hydrogen (secondary N) is 1. The molecule has 2 rings (SSSR count). The molecule has 0 amide bonds. The Hall–Kier alpha value is -0.0500. The van der Waals surface area contributed by atoms with Crippen molar-refractivity contribution in [3.63, 3.8) is 0 Å². The molecule has 0 bridgehead atoms. The number of hydrogen-bond acceptors (Lipinski definition) is 2. The molecule has 1 nitrogen and oxygen atoms in total. The molecule has 0 saturated heterocycles. The topological polar surface area (TPSA) is 12.0 Å². The van der Waals surface area contributed by atoms with E-state index in [1.54, 1.807) is 11.3 Å². The van der Waals surface area contributed by atoms with Gasteiger partial charge in [0.15, 0.2) is 0 Å². The lowest BCUT2D eigenvalue weighted by molar-refractivity contribution is 0.268. The third kappa shape index (κ3) is 3.70. The van der Waals surface area contributed by atoms with Crippen molar-refractivity contribution in [2.75, 3.05) is 0 Å². The summed E-state index contributed by atoms with van der Waals surface area (Å²) < 4.78 is 0.888. The van der Waals surface area contributed by atoms with Crippen LogP contribution in [0.3, 0.4) is 0 Å². The quantitative estimate of drug-likeness (QED) is 0.811. The third-order valence-electron chi connectivity index (χ3n) is 3.96. The van der Waals surface area contributed by atoms with Crippen LogP contribution < -0.4 is 5.32 Å². The van der Waals surface area contributed by atoms with E-state index >= 15 is 0 Å². The van der Waals surface area contributed by atoms with Gasteiger partial charge in [-0.05, 0) is 49.6 Å². The van der Waals surface area contributed by atoms with Gasteiger partial charge in [0, 0.05) is 12.1 Å². The van der Waals surface area contributed by atoms with Gasteiger partial charge in [-0.1, -0.05) is 30.9 Å². The molecule has 1 N–H and O–H groups in total. The van der Waals surface area contributed by atoms with E-state index in [9.17, 15) is 0 Å². The van der Waals surface area contributed by atoms with Gasteiger partial charge in [-0.2, -0.15) is 0 Å². The maximum atomic E-state index is 5.98. The Balaban J connectivity index is 1.87. The van der Waals surface area contributed by atoms with Crippen LogP contribution in [0.15, 0.2) is 11.4 Å². The number of hydrogen-bond donors (Lipinski definition) is 1. The first-order valence-corrected chi connectivity index (χ1v) is 7.92. The Morgan fingerprint density at radius 3 is 2.59 bits per heavy atom. The lowest BCUT2D eigenvalue weighted by Crippen LogP contribution is -2.36. The van der Waals surface area contributed by atoms with E-state index in [2.05, 4.69) is 30.6 Å². The van der Waals surface area contributed by atoms with Gasteiger partial charge >= 0.3 is 0 Å². The van der Waals surface area contributed by atoms with Crippen LogP contribution in [0.25, 0.3) is 0 Å². The van der Waals surface area contributed by atoms with Crippen LogP contribution in [0.1, 0.15) is 57.6 Å². The van der Waals surface area contributed by atoms with Crippen molar-refractivity contribution in [2.24, 2.45) is 5.92 Å². The fraction of sp³-hybridized carbons (Fsp3) is 0.714. The summed E-state index contributed by atoms with van der Waals surface area (Å²) in [6, 6.07) is 3.11. The smallest absolute Gasteiger partial charge is 0.0931 e. The number of rotatable bonds is 4. The Bertz CT molecular complexity index is 344. The van der Waals surface area contributed by atoms with Crippen molar-refractivity contribution in [2.45, 2.75) is 58.0 Å². The second-order valence-electron chi connectivity index (χ2n) is 5.26. The summed E-state index contributed by atoms with van der Waals surface area (Å²) in [6.07, 6.45) is 7.04. The summed E-state index contributed by atoms with van der Waals surface area (Å²) in [5, 5.41) is 5.89. The Labute approximate surface area is 114 Å². The molecule has 1 aromatic heterocycles. The molecular formula is C14H22ClNS. The molecule has 3 heteroatoms. The minimum atomic E-state index is 0.413. The van der Waals surface area contributed by atoms with Gasteiger partial charge in [0.25, 0.3) is 0 Å². The molecule has 1 aliphatic rings. The van der Waals surface area contributed by atoms with Crippen molar-refractivity contribution >= 4 is 22.9 Å². The second kappa shape index (κ2) is 6.21. The average Bonchev–Trinajstić information content (AvgIpc) is 2.77. The van der Waals surface area contributed by atoms with Gasteiger partial charge in [-0.25, -0.2) is 0 Å². The van der Waals surface area contributed by atoms with Crippen molar-refractivity contribution in [3.05, 3.63) is 21.3 Å². The number of thiophene rings is 1. The number of halogens is 1. The van der Waals surface area contributed by atoms with E-state index in [0.29, 0.717) is 12.1 Å². The Kier molecular flexibility index (Phi) is 4.89. The highest BCUT2D eigenvalue weighted by molar-refractivity contribution is 7.14. The average molecular weight is 272 g/mol. The normalized spacial score (nSPS) is 21.4. The van der Waals surface area contributed by atoms with Gasteiger partial charge in [-0.3, -0.25) is 0 Å². The fourth-order valence-corrected chi connectivity index (χ4v) is 3.80. The van der Waals surface area contributed by atoms with Crippen molar-refractivity contribution in [3.8, 4) is 0 Å². The highest BCUT2D eigenvalue weighted by atomic mass is 35.5. The molecule has 0 aliphatic heterocycles. The Morgan fingerprint density at radius 1 is 1.29 bits per heavy atom. The minimum absolute atomic E-state index is 0.413. The maximum absolute atomic E-state index is 5.98. The van der Waals surface area contributed by atoms with E-state index in [1.807, 2.05) is 0 Å². The summed E-state index contributed by atoms with van der Waals surface area (Å²) in [4.78, 5) is 0. The molecule has 96 valence electrons. The first kappa shape index (κ1) is 13.4. The molecule has 0 radical (unpaired) electrons. The van der Waals surface area contributed by atoms with Gasteiger partial charge in [0.05, 0.1) is 4.34 Å². The predicted molar refractivity (Wildman–Crippen MR) is 76.9 cm³/mol. The van der Waals surface area contributed by atoms with Crippen molar-refractivity contribution in [1.29, 1.82) is 0 Å². The predicted octanol–water partition coefficient (Wildman–Crippen LogP) is 5.02. The molecule has 0 aromatic carbocycles. The van der Waals surface area contributed by atoms with Crippen molar-refractivity contribution in [1.82, 2.24) is 5.32 Å². The molecular weight excluding hydrogens is 250 g/mol. The van der Waals surface area contributed by atoms with Gasteiger partial charge < -0.3 is 5.32 Å². The van der Waals surface area contributed by atoms with Crippen LogP contribution in [0.2, 0.25) is 4.34 Å². The lowest BCUT2D eigenvalue weighted by atomic mass is 9.84. The van der Waals surface area contributed by atoms with Gasteiger partial charge in [0.1, 0.15) is 0 Å². The largest absolute Gasteiger partial charge is 0.307 e. The zero-order valence-corrected chi connectivity index (χ0v) is 12.3. The zero-order valence-electron chi connectivity index (χ0n) is 10.7. The van der Waals surface area contributed by atoms with Crippen LogP contribution in [-0.4, -0.2) is 6.04 Å². The first-order valence-electron chi connectivity index (χ1n) is 6.67. The van der Waals surface area contributed by atoms with Crippen LogP contribution in [-0.2, 0) is 0 Å². The Morgan fingerprint density at radius 2 is 2.00 bits per heavy atom. The fourth-order valence-electron chi connectivity index (χ4n) is 2.81. The lowest BCUT2D eigenvalue weighted by Gasteiger charge is -2.30. The molecule has 0 spiro atoms. The van der Waals surface area contributed by atoms with E-state index in [1.165, 1.54) is 37.7 Å². The summed E-state index contributed by atoms with van der Waals surface area (Å²) in [6.45, 7) is 4.57. The van der Waals surface area contributed by atoms with Crippen LogP contribution in [0.5, 0.6) is 0 Å². The molecule has 17 heavy (non-hydrogen) atoms. The first-order chi connectivity index (χ1) is 8.16. The highest BCUT2D eigenvalue weighted by Gasteiger charge is 2.21. The molecule has 1 saturated carbocycles. The SMILES string of the molecule is CC(NC(C)C1CCCCC1)c1csc(Cl)c1. The standard InChI is InChI=1S/C14H22ClNS/c1-10(12-6-4-3-5-7-12)16-11(2)13-8-14(15)17-9-13/h8-12,16H,3-7H2,1-2H3. The highest BCUT2D eigenvalue weighted by Crippen LogP contribution is 2.29. The molecule has 1 heterocycles. The summed E-state index contributed by atoms with van der Waals surface area (Å²) in [7, 11) is 0. The van der Waals surface area contributed by atoms with Crippen molar-refractivity contribution < 1.29 is 0 Å². The monoisotopic (exact) mass is 271 g/mol. The van der Waals surface area contributed by atoms with E-state index in [4.69, 9.17) is 11.6 Å². The second-order valence-corrected chi connectivity index (χ2v) is 6.80. The molecule has 2 unspecified atom stereocenters. The van der Waals surface area contributed by atoms with E-state index in [0.717, 1.165) is 10.3 Å². The third-order valence-corrected chi connectivity index (χ3v) is 5.07. The van der Waals surface area contributed by atoms with Crippen LogP contribution in [0.4, 0.5) is 0 Å². The summed E-state index contributed by atoms with van der Waals surface area (Å²) >= 11 is 7.60. The van der Waals surface area contributed by atoms with Gasteiger partial charge in [0.2, 0.25) is 0 Å². The van der Waals surface area contributed by atoms with E-state index < -0.39 is 0 Å². The molecule has 1 aliphatic carbocycles. The van der Waals surface area contributed by atoms with Crippen LogP contribution >= 0.6 is 22.9 Å². The van der Waals surface area contributed by atoms with Crippen LogP contribution in [0, 0.1) is 5.92 Å². The minimum Gasteiger partial charge on any atom is -0.307 e. The maximum Gasteiger partial charge on any atom is 0.0931 e. The molecule has 1 aromatic rings. The summed E-state index contributed by atoms with van der Waals surface area (Å²) in [5.41, 5.74) is 1.32. The molecule has 2 atom stereocenters. The molecule has 1 fully saturated rings. The van der Waals surface area contributed by atoms with Gasteiger partial charge in [-0.15, -0.1) is 11.3 Å². The summed E-state index contributed by atoms with van der Waals surface area (Å²) in [5.74, 6) is 0.861. The zero-order chi connectivity index (χ0) is 12.3. The van der Waals surface area contributed by atoms with E-state index in [-0.39, 0.29) is 0 Å².